The number of rotatable bonds is 4. The Balaban J connectivity index is 1.42. The Bertz CT molecular complexity index is 1230. The van der Waals surface area contributed by atoms with Crippen molar-refractivity contribution in [3.05, 3.63) is 47.5 Å². The van der Waals surface area contributed by atoms with E-state index in [1.807, 2.05) is 12.1 Å². The van der Waals surface area contributed by atoms with Crippen LogP contribution in [0, 0.1) is 23.7 Å². The monoisotopic (exact) mass is 516 g/mol. The van der Waals surface area contributed by atoms with Crippen molar-refractivity contribution in [2.45, 2.75) is 56.7 Å². The molecule has 0 spiro atoms. The van der Waals surface area contributed by atoms with Gasteiger partial charge in [0.05, 0.1) is 9.79 Å². The third kappa shape index (κ3) is 4.59. The standard InChI is InChI=1S/C27H36N2O4S2/c1-18-9-19(2)15-28(14-18)34(30,31)24-5-7-26-22(12-24)11-23-13-25(6-8-27(23)26)35(32,33)29-16-20(3)10-21(4)17-29/h5-8,12-13,18-21H,9-11,14-17H2,1-4H3/t18-,19-,20-,21-/m0/s1. The van der Waals surface area contributed by atoms with E-state index in [9.17, 15) is 16.8 Å². The van der Waals surface area contributed by atoms with Crippen LogP contribution in [-0.2, 0) is 26.5 Å². The SMILES string of the molecule is C[C@H]1C[C@H](C)CN(S(=O)(=O)c2ccc3c(c2)Cc2cc(S(=O)(=O)N4C[C@@H](C)C[C@H](C)C4)ccc2-3)C1. The Morgan fingerprint density at radius 2 is 0.943 bits per heavy atom. The van der Waals surface area contributed by atoms with E-state index in [4.69, 9.17) is 0 Å². The Labute approximate surface area is 210 Å². The van der Waals surface area contributed by atoms with Crippen molar-refractivity contribution in [3.8, 4) is 11.1 Å². The summed E-state index contributed by atoms with van der Waals surface area (Å²) in [7, 11) is -7.12. The summed E-state index contributed by atoms with van der Waals surface area (Å²) in [6.45, 7) is 10.6. The fourth-order valence-corrected chi connectivity index (χ4v) is 9.85. The predicted molar refractivity (Wildman–Crippen MR) is 138 cm³/mol. The summed E-state index contributed by atoms with van der Waals surface area (Å²) in [5.74, 6) is 1.38. The topological polar surface area (TPSA) is 74.8 Å². The van der Waals surface area contributed by atoms with E-state index in [0.717, 1.165) is 35.1 Å². The Kier molecular flexibility index (Phi) is 6.39. The molecule has 6 nitrogen and oxygen atoms in total. The van der Waals surface area contributed by atoms with E-state index in [1.165, 1.54) is 0 Å². The van der Waals surface area contributed by atoms with Crippen LogP contribution < -0.4 is 0 Å². The van der Waals surface area contributed by atoms with Crippen LogP contribution in [0.4, 0.5) is 0 Å². The predicted octanol–water partition coefficient (Wildman–Crippen LogP) is 4.59. The first kappa shape index (κ1) is 24.9. The Hall–Kier alpha value is -1.74. The highest BCUT2D eigenvalue weighted by molar-refractivity contribution is 7.89. The van der Waals surface area contributed by atoms with E-state index in [-0.39, 0.29) is 0 Å². The molecule has 0 unspecified atom stereocenters. The highest BCUT2D eigenvalue weighted by Gasteiger charge is 2.34. The molecule has 0 aromatic heterocycles. The molecule has 2 aromatic carbocycles. The van der Waals surface area contributed by atoms with Gasteiger partial charge in [-0.2, -0.15) is 8.61 Å². The van der Waals surface area contributed by atoms with Gasteiger partial charge < -0.3 is 0 Å². The highest BCUT2D eigenvalue weighted by atomic mass is 32.2. The van der Waals surface area contributed by atoms with Crippen LogP contribution in [-0.4, -0.2) is 51.6 Å². The smallest absolute Gasteiger partial charge is 0.207 e. The first-order chi connectivity index (χ1) is 16.4. The van der Waals surface area contributed by atoms with Gasteiger partial charge in [0.25, 0.3) is 0 Å². The molecule has 0 radical (unpaired) electrons. The molecule has 1 aliphatic carbocycles. The lowest BCUT2D eigenvalue weighted by Crippen LogP contribution is -2.42. The van der Waals surface area contributed by atoms with Crippen molar-refractivity contribution in [2.24, 2.45) is 23.7 Å². The highest BCUT2D eigenvalue weighted by Crippen LogP contribution is 2.40. The van der Waals surface area contributed by atoms with Gasteiger partial charge in [-0.3, -0.25) is 0 Å². The molecule has 2 aliphatic heterocycles. The normalized spacial score (nSPS) is 28.0. The summed E-state index contributed by atoms with van der Waals surface area (Å²) < 4.78 is 56.9. The minimum Gasteiger partial charge on any atom is -0.207 e. The third-order valence-electron chi connectivity index (χ3n) is 7.77. The maximum Gasteiger partial charge on any atom is 0.243 e. The minimum atomic E-state index is -3.56. The molecule has 0 N–H and O–H groups in total. The maximum absolute atomic E-state index is 13.4. The van der Waals surface area contributed by atoms with Crippen molar-refractivity contribution >= 4 is 20.0 Å². The van der Waals surface area contributed by atoms with E-state index in [2.05, 4.69) is 27.7 Å². The lowest BCUT2D eigenvalue weighted by atomic mass is 9.94. The van der Waals surface area contributed by atoms with Crippen LogP contribution in [0.5, 0.6) is 0 Å². The second-order valence-electron chi connectivity index (χ2n) is 11.4. The molecule has 5 rings (SSSR count). The summed E-state index contributed by atoms with van der Waals surface area (Å²) in [5.41, 5.74) is 3.86. The number of sulfonamides is 2. The Morgan fingerprint density at radius 3 is 1.29 bits per heavy atom. The van der Waals surface area contributed by atoms with E-state index >= 15 is 0 Å². The zero-order chi connectivity index (χ0) is 25.1. The van der Waals surface area contributed by atoms with E-state index in [1.54, 1.807) is 32.9 Å². The van der Waals surface area contributed by atoms with Crippen LogP contribution in [0.2, 0.25) is 0 Å². The van der Waals surface area contributed by atoms with Crippen LogP contribution in [0.1, 0.15) is 51.7 Å². The van der Waals surface area contributed by atoms with Gasteiger partial charge in [-0.05, 0) is 89.5 Å². The zero-order valence-corrected chi connectivity index (χ0v) is 22.7. The maximum atomic E-state index is 13.4. The van der Waals surface area contributed by atoms with Gasteiger partial charge in [0.15, 0.2) is 0 Å². The lowest BCUT2D eigenvalue weighted by Gasteiger charge is -2.34. The summed E-state index contributed by atoms with van der Waals surface area (Å²) in [4.78, 5) is 0.656. The summed E-state index contributed by atoms with van der Waals surface area (Å²) >= 11 is 0. The molecule has 0 amide bonds. The van der Waals surface area contributed by atoms with Gasteiger partial charge in [-0.1, -0.05) is 39.8 Å². The molecular weight excluding hydrogens is 480 g/mol. The van der Waals surface area contributed by atoms with Gasteiger partial charge in [-0.15, -0.1) is 0 Å². The molecule has 2 saturated heterocycles. The number of fused-ring (bicyclic) bond motifs is 3. The fraction of sp³-hybridized carbons (Fsp3) is 0.556. The molecule has 3 aliphatic rings. The molecule has 35 heavy (non-hydrogen) atoms. The number of hydrogen-bond donors (Lipinski definition) is 0. The van der Waals surface area contributed by atoms with Crippen molar-refractivity contribution in [1.82, 2.24) is 8.61 Å². The number of nitrogens with zero attached hydrogens (tertiary/aromatic N) is 2. The molecule has 4 atom stereocenters. The Morgan fingerprint density at radius 1 is 0.600 bits per heavy atom. The van der Waals surface area contributed by atoms with Crippen LogP contribution in [0.15, 0.2) is 46.2 Å². The molecule has 2 heterocycles. The second kappa shape index (κ2) is 8.98. The van der Waals surface area contributed by atoms with Crippen molar-refractivity contribution < 1.29 is 16.8 Å². The lowest BCUT2D eigenvalue weighted by molar-refractivity contribution is 0.222. The van der Waals surface area contributed by atoms with Crippen molar-refractivity contribution in [3.63, 3.8) is 0 Å². The summed E-state index contributed by atoms with van der Waals surface area (Å²) in [6, 6.07) is 10.7. The van der Waals surface area contributed by atoms with E-state index < -0.39 is 20.0 Å². The minimum absolute atomic E-state index is 0.328. The summed E-state index contributed by atoms with van der Waals surface area (Å²) in [6.07, 6.45) is 2.63. The molecule has 2 aromatic rings. The third-order valence-corrected chi connectivity index (χ3v) is 11.4. The molecular formula is C27H36N2O4S2. The largest absolute Gasteiger partial charge is 0.243 e. The molecule has 2 fully saturated rings. The van der Waals surface area contributed by atoms with Gasteiger partial charge in [0, 0.05) is 26.2 Å². The molecule has 8 heteroatoms. The average molecular weight is 517 g/mol. The van der Waals surface area contributed by atoms with Crippen LogP contribution in [0.3, 0.4) is 0 Å². The van der Waals surface area contributed by atoms with Crippen LogP contribution in [0.25, 0.3) is 11.1 Å². The molecule has 190 valence electrons. The number of piperidine rings is 2. The first-order valence-electron chi connectivity index (χ1n) is 12.7. The first-order valence-corrected chi connectivity index (χ1v) is 15.6. The van der Waals surface area contributed by atoms with Crippen molar-refractivity contribution in [1.29, 1.82) is 0 Å². The molecule has 0 bridgehead atoms. The quantitative estimate of drug-likeness (QED) is 0.508. The van der Waals surface area contributed by atoms with E-state index in [0.29, 0.717) is 66.1 Å². The fourth-order valence-electron chi connectivity index (χ4n) is 6.39. The van der Waals surface area contributed by atoms with Gasteiger partial charge in [0.1, 0.15) is 0 Å². The average Bonchev–Trinajstić information content (AvgIpc) is 3.15. The number of benzene rings is 2. The molecule has 0 saturated carbocycles. The zero-order valence-electron chi connectivity index (χ0n) is 21.1. The van der Waals surface area contributed by atoms with Gasteiger partial charge >= 0.3 is 0 Å². The number of hydrogen-bond acceptors (Lipinski definition) is 4. The summed E-state index contributed by atoms with van der Waals surface area (Å²) in [5, 5.41) is 0. The van der Waals surface area contributed by atoms with Crippen LogP contribution >= 0.6 is 0 Å². The second-order valence-corrected chi connectivity index (χ2v) is 15.2. The van der Waals surface area contributed by atoms with Gasteiger partial charge in [0.2, 0.25) is 20.0 Å². The van der Waals surface area contributed by atoms with Gasteiger partial charge in [-0.25, -0.2) is 16.8 Å². The van der Waals surface area contributed by atoms with Crippen molar-refractivity contribution in [2.75, 3.05) is 26.2 Å².